The highest BCUT2D eigenvalue weighted by molar-refractivity contribution is 5.99. The third-order valence-electron chi connectivity index (χ3n) is 2.71. The number of nitrogens with zero attached hydrogens (tertiary/aromatic N) is 2. The van der Waals surface area contributed by atoms with Crippen molar-refractivity contribution in [2.45, 2.75) is 0 Å². The average molecular weight is 260 g/mol. The third-order valence-corrected chi connectivity index (χ3v) is 2.71. The monoisotopic (exact) mass is 260 g/mol. The summed E-state index contributed by atoms with van der Waals surface area (Å²) in [5.41, 5.74) is 0.653. The molecule has 2 aromatic rings. The van der Waals surface area contributed by atoms with Crippen LogP contribution in [0.5, 0.6) is 0 Å². The summed E-state index contributed by atoms with van der Waals surface area (Å²) in [5.74, 6) is -0.166. The number of non-ortho nitro benzene ring substituents is 1. The minimum atomic E-state index is -0.452. The molecule has 98 valence electrons. The standard InChI is InChI=1S/C12H12N4O3/c1-13-12(17)7-15-10-2-3-11(16(18)19)9-6-14-5-4-8(9)10/h2-6,15H,7H2,1H3,(H,13,17). The Bertz CT molecular complexity index is 642. The molecule has 0 bridgehead atoms. The first-order chi connectivity index (χ1) is 9.13. The minimum absolute atomic E-state index is 0.00593. The molecule has 2 rings (SSSR count). The van der Waals surface area contributed by atoms with Crippen molar-refractivity contribution < 1.29 is 9.72 Å². The lowest BCUT2D eigenvalue weighted by atomic mass is 10.1. The number of amides is 1. The van der Waals surface area contributed by atoms with Gasteiger partial charge >= 0.3 is 0 Å². The molecule has 7 nitrogen and oxygen atoms in total. The van der Waals surface area contributed by atoms with Crippen molar-refractivity contribution in [2.75, 3.05) is 18.9 Å². The normalized spacial score (nSPS) is 10.2. The highest BCUT2D eigenvalue weighted by Gasteiger charge is 2.14. The number of likely N-dealkylation sites (N-methyl/N-ethyl adjacent to an activating group) is 1. The molecule has 0 aliphatic carbocycles. The van der Waals surface area contributed by atoms with Crippen LogP contribution in [0.25, 0.3) is 10.8 Å². The molecule has 0 fully saturated rings. The van der Waals surface area contributed by atoms with Gasteiger partial charge in [-0.25, -0.2) is 0 Å². The summed E-state index contributed by atoms with van der Waals surface area (Å²) in [5, 5.41) is 17.5. The van der Waals surface area contributed by atoms with Crippen molar-refractivity contribution >= 4 is 28.1 Å². The van der Waals surface area contributed by atoms with Gasteiger partial charge in [0.2, 0.25) is 5.91 Å². The quantitative estimate of drug-likeness (QED) is 0.638. The Labute approximate surface area is 108 Å². The predicted molar refractivity (Wildman–Crippen MR) is 71.0 cm³/mol. The zero-order chi connectivity index (χ0) is 13.8. The number of hydrogen-bond donors (Lipinski definition) is 2. The van der Waals surface area contributed by atoms with E-state index in [2.05, 4.69) is 15.6 Å². The molecular formula is C12H12N4O3. The van der Waals surface area contributed by atoms with Gasteiger partial charge in [-0.2, -0.15) is 0 Å². The maximum atomic E-state index is 11.2. The lowest BCUT2D eigenvalue weighted by Gasteiger charge is -2.09. The van der Waals surface area contributed by atoms with Crippen LogP contribution in [-0.2, 0) is 4.79 Å². The molecule has 0 atom stereocenters. The molecule has 7 heteroatoms. The van der Waals surface area contributed by atoms with Gasteiger partial charge < -0.3 is 10.6 Å². The maximum absolute atomic E-state index is 11.2. The van der Waals surface area contributed by atoms with E-state index in [-0.39, 0.29) is 18.1 Å². The number of aromatic nitrogens is 1. The number of fused-ring (bicyclic) bond motifs is 1. The van der Waals surface area contributed by atoms with Crippen LogP contribution in [0.4, 0.5) is 11.4 Å². The van der Waals surface area contributed by atoms with E-state index in [1.165, 1.54) is 12.3 Å². The summed E-state index contributed by atoms with van der Waals surface area (Å²) in [6.45, 7) is 0.103. The summed E-state index contributed by atoms with van der Waals surface area (Å²) < 4.78 is 0. The van der Waals surface area contributed by atoms with Crippen LogP contribution in [0.3, 0.4) is 0 Å². The molecule has 1 heterocycles. The number of carbonyl (C=O) groups excluding carboxylic acids is 1. The van der Waals surface area contributed by atoms with E-state index in [4.69, 9.17) is 0 Å². The fourth-order valence-corrected chi connectivity index (χ4v) is 1.75. The molecule has 0 spiro atoms. The molecule has 0 aliphatic rings. The Morgan fingerprint density at radius 1 is 1.37 bits per heavy atom. The molecule has 0 radical (unpaired) electrons. The number of nitro groups is 1. The average Bonchev–Trinajstić information content (AvgIpc) is 2.43. The molecule has 1 aromatic heterocycles. The van der Waals surface area contributed by atoms with Crippen LogP contribution in [0, 0.1) is 10.1 Å². The van der Waals surface area contributed by atoms with E-state index in [9.17, 15) is 14.9 Å². The summed E-state index contributed by atoms with van der Waals surface area (Å²) in [4.78, 5) is 25.6. The topological polar surface area (TPSA) is 97.2 Å². The van der Waals surface area contributed by atoms with Gasteiger partial charge in [0.25, 0.3) is 5.69 Å². The van der Waals surface area contributed by atoms with Gasteiger partial charge in [-0.15, -0.1) is 0 Å². The molecule has 0 saturated carbocycles. The lowest BCUT2D eigenvalue weighted by molar-refractivity contribution is -0.383. The Balaban J connectivity index is 2.44. The Kier molecular flexibility index (Phi) is 3.56. The molecular weight excluding hydrogens is 248 g/mol. The minimum Gasteiger partial charge on any atom is -0.376 e. The Morgan fingerprint density at radius 2 is 2.16 bits per heavy atom. The van der Waals surface area contributed by atoms with Crippen molar-refractivity contribution in [2.24, 2.45) is 0 Å². The van der Waals surface area contributed by atoms with Gasteiger partial charge in [0.1, 0.15) is 0 Å². The number of anilines is 1. The van der Waals surface area contributed by atoms with E-state index < -0.39 is 4.92 Å². The third kappa shape index (κ3) is 2.59. The van der Waals surface area contributed by atoms with Crippen LogP contribution in [-0.4, -0.2) is 29.4 Å². The predicted octanol–water partition coefficient (Wildman–Crippen LogP) is 1.30. The van der Waals surface area contributed by atoms with Crippen LogP contribution < -0.4 is 10.6 Å². The van der Waals surface area contributed by atoms with Crippen molar-refractivity contribution in [3.63, 3.8) is 0 Å². The molecule has 0 unspecified atom stereocenters. The second kappa shape index (κ2) is 5.30. The van der Waals surface area contributed by atoms with Crippen molar-refractivity contribution in [1.29, 1.82) is 0 Å². The van der Waals surface area contributed by atoms with Gasteiger partial charge in [-0.05, 0) is 12.1 Å². The molecule has 0 saturated heterocycles. The Morgan fingerprint density at radius 3 is 2.84 bits per heavy atom. The summed E-state index contributed by atoms with van der Waals surface area (Å²) >= 11 is 0. The van der Waals surface area contributed by atoms with Gasteiger partial charge in [-0.1, -0.05) is 0 Å². The van der Waals surface area contributed by atoms with Gasteiger partial charge in [-0.3, -0.25) is 19.9 Å². The zero-order valence-corrected chi connectivity index (χ0v) is 10.2. The molecule has 0 aliphatic heterocycles. The van der Waals surface area contributed by atoms with Gasteiger partial charge in [0.15, 0.2) is 0 Å². The zero-order valence-electron chi connectivity index (χ0n) is 10.2. The number of benzene rings is 1. The first-order valence-electron chi connectivity index (χ1n) is 5.59. The molecule has 1 aromatic carbocycles. The Hall–Kier alpha value is -2.70. The summed E-state index contributed by atoms with van der Waals surface area (Å²) in [7, 11) is 1.54. The molecule has 2 N–H and O–H groups in total. The number of nitrogens with one attached hydrogen (secondary N) is 2. The van der Waals surface area contributed by atoms with Crippen LogP contribution in [0.15, 0.2) is 30.6 Å². The van der Waals surface area contributed by atoms with Crippen LogP contribution in [0.1, 0.15) is 0 Å². The number of rotatable bonds is 4. The fourth-order valence-electron chi connectivity index (χ4n) is 1.75. The summed E-state index contributed by atoms with van der Waals surface area (Å²) in [6, 6.07) is 4.66. The number of nitro benzene ring substituents is 1. The first kappa shape index (κ1) is 12.7. The van der Waals surface area contributed by atoms with Crippen LogP contribution >= 0.6 is 0 Å². The largest absolute Gasteiger partial charge is 0.376 e. The number of hydrogen-bond acceptors (Lipinski definition) is 5. The van der Waals surface area contributed by atoms with Crippen molar-refractivity contribution in [3.8, 4) is 0 Å². The number of carbonyl (C=O) groups is 1. The maximum Gasteiger partial charge on any atom is 0.278 e. The second-order valence-corrected chi connectivity index (χ2v) is 3.84. The smallest absolute Gasteiger partial charge is 0.278 e. The van der Waals surface area contributed by atoms with Crippen molar-refractivity contribution in [1.82, 2.24) is 10.3 Å². The van der Waals surface area contributed by atoms with Gasteiger partial charge in [0, 0.05) is 36.6 Å². The molecule has 19 heavy (non-hydrogen) atoms. The fraction of sp³-hybridized carbons (Fsp3) is 0.167. The van der Waals surface area contributed by atoms with Gasteiger partial charge in [0.05, 0.1) is 16.9 Å². The van der Waals surface area contributed by atoms with Crippen LogP contribution in [0.2, 0.25) is 0 Å². The van der Waals surface area contributed by atoms with E-state index in [0.717, 1.165) is 0 Å². The highest BCUT2D eigenvalue weighted by Crippen LogP contribution is 2.30. The van der Waals surface area contributed by atoms with E-state index in [1.807, 2.05) is 0 Å². The van der Waals surface area contributed by atoms with E-state index in [0.29, 0.717) is 16.5 Å². The SMILES string of the molecule is CNC(=O)CNc1ccc([N+](=O)[O-])c2cnccc12. The van der Waals surface area contributed by atoms with E-state index >= 15 is 0 Å². The summed E-state index contributed by atoms with van der Waals surface area (Å²) in [6.07, 6.45) is 3.00. The lowest BCUT2D eigenvalue weighted by Crippen LogP contribution is -2.26. The van der Waals surface area contributed by atoms with Crippen molar-refractivity contribution in [3.05, 3.63) is 40.7 Å². The second-order valence-electron chi connectivity index (χ2n) is 3.84. The van der Waals surface area contributed by atoms with E-state index in [1.54, 1.807) is 25.4 Å². The first-order valence-corrected chi connectivity index (χ1v) is 5.59. The highest BCUT2D eigenvalue weighted by atomic mass is 16.6. The molecule has 1 amide bonds. The number of pyridine rings is 1.